The molecule has 0 saturated carbocycles. The molecule has 0 saturated heterocycles. The Kier molecular flexibility index (Phi) is 7.60. The lowest BCUT2D eigenvalue weighted by atomic mass is 9.83. The van der Waals surface area contributed by atoms with Crippen LogP contribution in [-0.2, 0) is 6.42 Å². The van der Waals surface area contributed by atoms with Crippen molar-refractivity contribution in [1.29, 1.82) is 0 Å². The monoisotopic (exact) mass is 650 g/mol. The number of aryl methyl sites for hydroxylation is 1. The fraction of sp³-hybridized carbons (Fsp3) is 0.0612. The second-order valence-corrected chi connectivity index (χ2v) is 13.2. The maximum absolute atomic E-state index is 5.94. The number of pyridine rings is 2. The normalized spacial score (nSPS) is 12.5. The van der Waals surface area contributed by atoms with Gasteiger partial charge in [-0.25, -0.2) is 0 Å². The van der Waals surface area contributed by atoms with Crippen molar-refractivity contribution in [3.63, 3.8) is 0 Å². The Bertz CT molecular complexity index is 2760. The summed E-state index contributed by atoms with van der Waals surface area (Å²) in [4.78, 5) is 9.59. The molecule has 8 aromatic rings. The molecule has 0 spiro atoms. The molecule has 0 atom stereocenters. The van der Waals surface area contributed by atoms with Crippen LogP contribution in [0.15, 0.2) is 146 Å². The van der Waals surface area contributed by atoms with Crippen molar-refractivity contribution >= 4 is 44.6 Å². The number of para-hydroxylation sites is 1. The van der Waals surface area contributed by atoms with Crippen LogP contribution >= 0.6 is 0 Å². The highest BCUT2D eigenvalue weighted by atomic mass is 14.7. The van der Waals surface area contributed by atoms with E-state index >= 15 is 0 Å². The summed E-state index contributed by atoms with van der Waals surface area (Å²) in [5.74, 6) is 2.88. The van der Waals surface area contributed by atoms with E-state index in [1.807, 2.05) is 43.6 Å². The molecule has 51 heavy (non-hydrogen) atoms. The molecule has 2 heterocycles. The molecule has 0 amide bonds. The van der Waals surface area contributed by atoms with E-state index in [9.17, 15) is 0 Å². The van der Waals surface area contributed by atoms with Gasteiger partial charge in [-0.2, -0.15) is 0 Å². The lowest BCUT2D eigenvalue weighted by Crippen LogP contribution is -1.96. The predicted octanol–water partition coefficient (Wildman–Crippen LogP) is 12.6. The quantitative estimate of drug-likeness (QED) is 0.137. The standard InChI is InChI=1S/C49H34N2/c1-3-11-34-26-39(20-18-32(34)4-2)49-43-16-9-8-15-42(43)48(38-21-19-33-12-5-6-13-35(33)27-38)44-24-22-36(29-45(44)49)40-23-25-47(50-30-40)41-28-37-14-7-10-17-46(37)51-31-41/h2-3,5,7-12,14-31H,6,13H2,1H3/b11-3-. The third-order valence-electron chi connectivity index (χ3n) is 10.2. The van der Waals surface area contributed by atoms with Crippen LogP contribution in [0.1, 0.15) is 35.6 Å². The van der Waals surface area contributed by atoms with Crippen LogP contribution in [0.4, 0.5) is 0 Å². The van der Waals surface area contributed by atoms with Crippen LogP contribution in [0, 0.1) is 12.3 Å². The first-order valence-corrected chi connectivity index (χ1v) is 17.5. The Morgan fingerprint density at radius 2 is 1.35 bits per heavy atom. The zero-order chi connectivity index (χ0) is 34.3. The highest BCUT2D eigenvalue weighted by Gasteiger charge is 2.19. The zero-order valence-electron chi connectivity index (χ0n) is 28.4. The van der Waals surface area contributed by atoms with Gasteiger partial charge in [-0.05, 0) is 122 Å². The Balaban J connectivity index is 1.27. The molecule has 240 valence electrons. The van der Waals surface area contributed by atoms with E-state index in [0.29, 0.717) is 0 Å². The summed E-state index contributed by atoms with van der Waals surface area (Å²) in [6.45, 7) is 2.03. The van der Waals surface area contributed by atoms with E-state index in [1.54, 1.807) is 0 Å². The summed E-state index contributed by atoms with van der Waals surface area (Å²) < 4.78 is 0. The summed E-state index contributed by atoms with van der Waals surface area (Å²) in [7, 11) is 0. The molecule has 0 bridgehead atoms. The van der Waals surface area contributed by atoms with Crippen molar-refractivity contribution in [2.24, 2.45) is 0 Å². The first-order valence-electron chi connectivity index (χ1n) is 17.5. The Morgan fingerprint density at radius 1 is 0.627 bits per heavy atom. The lowest BCUT2D eigenvalue weighted by molar-refractivity contribution is 0.986. The smallest absolute Gasteiger partial charge is 0.0718 e. The van der Waals surface area contributed by atoms with Crippen LogP contribution in [0.25, 0.3) is 89.2 Å². The molecule has 1 aliphatic rings. The molecule has 1 aliphatic carbocycles. The van der Waals surface area contributed by atoms with Gasteiger partial charge in [0.05, 0.1) is 11.2 Å². The van der Waals surface area contributed by atoms with E-state index in [2.05, 4.69) is 132 Å². The first kappa shape index (κ1) is 30.5. The van der Waals surface area contributed by atoms with Crippen LogP contribution in [0.2, 0.25) is 0 Å². The number of allylic oxidation sites excluding steroid dienone is 2. The molecular weight excluding hydrogens is 617 g/mol. The largest absolute Gasteiger partial charge is 0.256 e. The van der Waals surface area contributed by atoms with Gasteiger partial charge in [0, 0.05) is 34.5 Å². The summed E-state index contributed by atoms with van der Waals surface area (Å²) in [5, 5.41) is 5.98. The molecule has 2 nitrogen and oxygen atoms in total. The number of fused-ring (bicyclic) bond motifs is 4. The van der Waals surface area contributed by atoms with Crippen molar-refractivity contribution < 1.29 is 0 Å². The van der Waals surface area contributed by atoms with Crippen LogP contribution in [0.3, 0.4) is 0 Å². The number of aromatic nitrogens is 2. The average Bonchev–Trinajstić information content (AvgIpc) is 3.19. The number of terminal acetylenes is 1. The first-order chi connectivity index (χ1) is 25.2. The lowest BCUT2D eigenvalue weighted by Gasteiger charge is -2.20. The molecule has 0 aliphatic heterocycles. The molecule has 0 N–H and O–H groups in total. The van der Waals surface area contributed by atoms with Crippen molar-refractivity contribution in [2.75, 3.05) is 0 Å². The topological polar surface area (TPSA) is 25.8 Å². The molecular formula is C49H34N2. The van der Waals surface area contributed by atoms with Crippen molar-refractivity contribution in [3.8, 4) is 57.0 Å². The zero-order valence-corrected chi connectivity index (χ0v) is 28.4. The third-order valence-corrected chi connectivity index (χ3v) is 10.2. The molecule has 0 radical (unpaired) electrons. The number of hydrogen-bond acceptors (Lipinski definition) is 2. The van der Waals surface area contributed by atoms with E-state index in [0.717, 1.165) is 62.8 Å². The second kappa shape index (κ2) is 12.7. The van der Waals surface area contributed by atoms with Gasteiger partial charge in [0.2, 0.25) is 0 Å². The van der Waals surface area contributed by atoms with Gasteiger partial charge in [0.25, 0.3) is 0 Å². The summed E-state index contributed by atoms with van der Waals surface area (Å²) >= 11 is 0. The highest BCUT2D eigenvalue weighted by Crippen LogP contribution is 2.45. The fourth-order valence-corrected chi connectivity index (χ4v) is 7.68. The predicted molar refractivity (Wildman–Crippen MR) is 216 cm³/mol. The van der Waals surface area contributed by atoms with Crippen molar-refractivity contribution in [1.82, 2.24) is 9.97 Å². The number of benzene rings is 6. The minimum Gasteiger partial charge on any atom is -0.256 e. The van der Waals surface area contributed by atoms with E-state index < -0.39 is 0 Å². The van der Waals surface area contributed by atoms with E-state index in [1.165, 1.54) is 49.4 Å². The van der Waals surface area contributed by atoms with Gasteiger partial charge in [0.15, 0.2) is 0 Å². The van der Waals surface area contributed by atoms with Gasteiger partial charge in [-0.3, -0.25) is 9.97 Å². The second-order valence-electron chi connectivity index (χ2n) is 13.2. The van der Waals surface area contributed by atoms with Gasteiger partial charge >= 0.3 is 0 Å². The molecule has 0 unspecified atom stereocenters. The minimum absolute atomic E-state index is 0.888. The van der Waals surface area contributed by atoms with Crippen LogP contribution in [-0.4, -0.2) is 9.97 Å². The summed E-state index contributed by atoms with van der Waals surface area (Å²) in [6.07, 6.45) is 20.6. The van der Waals surface area contributed by atoms with Crippen LogP contribution in [0.5, 0.6) is 0 Å². The van der Waals surface area contributed by atoms with Gasteiger partial charge in [-0.1, -0.05) is 115 Å². The number of rotatable bonds is 5. The summed E-state index contributed by atoms with van der Waals surface area (Å²) in [5.41, 5.74) is 14.6. The van der Waals surface area contributed by atoms with Crippen LogP contribution < -0.4 is 0 Å². The highest BCUT2D eigenvalue weighted by molar-refractivity contribution is 6.22. The SMILES string of the molecule is C#Cc1ccc(-c2c3ccccc3c(-c3ccc4c(c3)CCC=C4)c3ccc(-c4ccc(-c5cnc6ccccc6c5)nc4)cc23)cc1/C=C\C. The Hall–Kier alpha value is -6.56. The Morgan fingerprint density at radius 3 is 2.18 bits per heavy atom. The van der Waals surface area contributed by atoms with Crippen molar-refractivity contribution in [3.05, 3.63) is 168 Å². The molecule has 0 fully saturated rings. The molecule has 2 heteroatoms. The number of nitrogens with zero attached hydrogens (tertiary/aromatic N) is 2. The molecule has 2 aromatic heterocycles. The number of hydrogen-bond donors (Lipinski definition) is 0. The maximum Gasteiger partial charge on any atom is 0.0718 e. The molecule has 6 aromatic carbocycles. The van der Waals surface area contributed by atoms with Crippen molar-refractivity contribution in [2.45, 2.75) is 19.8 Å². The van der Waals surface area contributed by atoms with Gasteiger partial charge in [-0.15, -0.1) is 6.42 Å². The molecule has 9 rings (SSSR count). The van der Waals surface area contributed by atoms with Gasteiger partial charge in [0.1, 0.15) is 0 Å². The maximum atomic E-state index is 5.94. The third kappa shape index (κ3) is 5.41. The summed E-state index contributed by atoms with van der Waals surface area (Å²) in [6, 6.07) is 43.8. The van der Waals surface area contributed by atoms with E-state index in [4.69, 9.17) is 11.4 Å². The van der Waals surface area contributed by atoms with E-state index in [-0.39, 0.29) is 0 Å². The fourth-order valence-electron chi connectivity index (χ4n) is 7.68. The minimum atomic E-state index is 0.888. The average molecular weight is 651 g/mol. The Labute approximate surface area is 298 Å². The van der Waals surface area contributed by atoms with Gasteiger partial charge < -0.3 is 0 Å².